The normalized spacial score (nSPS) is 20.8. The second-order valence-electron chi connectivity index (χ2n) is 6.30. The molecule has 1 aliphatic heterocycles. The molecule has 0 aromatic carbocycles. The fourth-order valence-electron chi connectivity index (χ4n) is 2.77. The molecule has 1 saturated carbocycles. The van der Waals surface area contributed by atoms with Crippen molar-refractivity contribution in [2.75, 3.05) is 5.32 Å². The van der Waals surface area contributed by atoms with Gasteiger partial charge in [-0.15, -0.1) is 8.78 Å². The van der Waals surface area contributed by atoms with Crippen LogP contribution in [0.25, 0.3) is 0 Å². The number of allylic oxidation sites excluding steroid dienone is 2. The topological polar surface area (TPSA) is 60.5 Å². The van der Waals surface area contributed by atoms with Crippen LogP contribution < -0.4 is 5.32 Å². The summed E-state index contributed by atoms with van der Waals surface area (Å²) in [5.74, 6) is 0.0155. The molecule has 1 amide bonds. The van der Waals surface area contributed by atoms with Gasteiger partial charge < -0.3 is 14.8 Å². The quantitative estimate of drug-likeness (QED) is 0.790. The summed E-state index contributed by atoms with van der Waals surface area (Å²) >= 11 is 5.90. The summed E-state index contributed by atoms with van der Waals surface area (Å²) in [4.78, 5) is 16.7. The second kappa shape index (κ2) is 5.98. The maximum atomic E-state index is 13.1. The fourth-order valence-corrected chi connectivity index (χ4v) is 3.03. The van der Waals surface area contributed by atoms with Crippen molar-refractivity contribution in [1.29, 1.82) is 0 Å². The summed E-state index contributed by atoms with van der Waals surface area (Å²) < 4.78 is 35.0. The molecule has 134 valence electrons. The Bertz CT molecular complexity index is 781. The average molecular weight is 371 g/mol. The highest BCUT2D eigenvalue weighted by molar-refractivity contribution is 6.29. The van der Waals surface area contributed by atoms with E-state index in [2.05, 4.69) is 19.8 Å². The Hall–Kier alpha value is -2.15. The maximum Gasteiger partial charge on any atom is 0.585 e. The number of anilines is 1. The van der Waals surface area contributed by atoms with Crippen molar-refractivity contribution in [2.45, 2.75) is 39.9 Å². The predicted molar refractivity (Wildman–Crippen MR) is 87.9 cm³/mol. The predicted octanol–water partition coefficient (Wildman–Crippen LogP) is 4.54. The van der Waals surface area contributed by atoms with Crippen LogP contribution in [0, 0.1) is 12.3 Å². The highest BCUT2D eigenvalue weighted by Crippen LogP contribution is 2.53. The van der Waals surface area contributed by atoms with Crippen molar-refractivity contribution in [3.8, 4) is 0 Å². The summed E-state index contributed by atoms with van der Waals surface area (Å²) in [6, 6.07) is 3.39. The molecule has 0 radical (unpaired) electrons. The fraction of sp³-hybridized carbons (Fsp3) is 0.412. The Morgan fingerprint density at radius 1 is 1.32 bits per heavy atom. The zero-order valence-electron chi connectivity index (χ0n) is 14.0. The first-order chi connectivity index (χ1) is 11.6. The van der Waals surface area contributed by atoms with E-state index in [4.69, 9.17) is 11.6 Å². The number of aryl methyl sites for hydroxylation is 1. The molecule has 0 bridgehead atoms. The summed E-state index contributed by atoms with van der Waals surface area (Å²) in [5.41, 5.74) is 0.734. The number of rotatable bonds is 4. The molecule has 0 unspecified atom stereocenters. The molecule has 2 aliphatic rings. The number of aromatic nitrogens is 1. The number of hydrogen-bond donors (Lipinski definition) is 1. The standard InChI is InChI=1S/C17H17ClF2N2O3/c1-9-6-13(18)21-14(7-9)22-15(23)16(4-5-16)10(2)8-12-11(3)24-17(19,20)25-12/h6-8H,4-5H2,1-3H3,(H,21,22,23)/b10-8+. The van der Waals surface area contributed by atoms with Crippen LogP contribution in [0.1, 0.15) is 32.3 Å². The molecule has 0 spiro atoms. The zero-order chi connectivity index (χ0) is 18.4. The molecule has 1 aromatic rings. The number of ether oxygens (including phenoxy) is 2. The molecular weight excluding hydrogens is 354 g/mol. The highest BCUT2D eigenvalue weighted by Gasteiger charge is 2.52. The molecule has 1 fully saturated rings. The van der Waals surface area contributed by atoms with Gasteiger partial charge in [0.1, 0.15) is 16.7 Å². The van der Waals surface area contributed by atoms with Gasteiger partial charge in [0.25, 0.3) is 0 Å². The Kier molecular flexibility index (Phi) is 4.23. The van der Waals surface area contributed by atoms with Crippen LogP contribution in [0.3, 0.4) is 0 Å². The van der Waals surface area contributed by atoms with Crippen molar-refractivity contribution in [1.82, 2.24) is 4.98 Å². The summed E-state index contributed by atoms with van der Waals surface area (Å²) in [6.07, 6.45) is -1.01. The van der Waals surface area contributed by atoms with Crippen molar-refractivity contribution >= 4 is 23.3 Å². The van der Waals surface area contributed by atoms with Crippen molar-refractivity contribution in [3.63, 3.8) is 0 Å². The van der Waals surface area contributed by atoms with Gasteiger partial charge in [0.05, 0.1) is 5.41 Å². The van der Waals surface area contributed by atoms with E-state index in [1.165, 1.54) is 13.0 Å². The number of carbonyl (C=O) groups excluding carboxylic acids is 1. The van der Waals surface area contributed by atoms with Crippen LogP contribution in [0.4, 0.5) is 14.6 Å². The van der Waals surface area contributed by atoms with Gasteiger partial charge in [0.15, 0.2) is 5.76 Å². The van der Waals surface area contributed by atoms with Crippen molar-refractivity contribution < 1.29 is 23.0 Å². The third-order valence-electron chi connectivity index (χ3n) is 4.31. The molecule has 3 rings (SSSR count). The Morgan fingerprint density at radius 3 is 2.52 bits per heavy atom. The van der Waals surface area contributed by atoms with E-state index in [9.17, 15) is 13.6 Å². The first-order valence-electron chi connectivity index (χ1n) is 7.72. The third kappa shape index (κ3) is 3.61. The molecule has 0 saturated heterocycles. The van der Waals surface area contributed by atoms with E-state index < -0.39 is 11.7 Å². The van der Waals surface area contributed by atoms with Gasteiger partial charge in [-0.2, -0.15) is 0 Å². The molecular formula is C17H17ClF2N2O3. The Morgan fingerprint density at radius 2 is 2.00 bits per heavy atom. The van der Waals surface area contributed by atoms with Crippen LogP contribution in [-0.4, -0.2) is 17.2 Å². The first-order valence-corrected chi connectivity index (χ1v) is 8.10. The van der Waals surface area contributed by atoms with Crippen LogP contribution in [-0.2, 0) is 14.3 Å². The Balaban J connectivity index is 1.78. The van der Waals surface area contributed by atoms with E-state index in [0.717, 1.165) is 5.56 Å². The van der Waals surface area contributed by atoms with Crippen LogP contribution in [0.15, 0.2) is 35.3 Å². The number of pyridine rings is 1. The lowest BCUT2D eigenvalue weighted by Crippen LogP contribution is -2.26. The summed E-state index contributed by atoms with van der Waals surface area (Å²) in [6.45, 7) is 4.94. The molecule has 8 heteroatoms. The van der Waals surface area contributed by atoms with E-state index in [1.54, 1.807) is 19.1 Å². The minimum Gasteiger partial charge on any atom is -0.400 e. The summed E-state index contributed by atoms with van der Waals surface area (Å²) in [5, 5.41) is 3.03. The van der Waals surface area contributed by atoms with Gasteiger partial charge in [0.2, 0.25) is 5.91 Å². The van der Waals surface area contributed by atoms with Gasteiger partial charge >= 0.3 is 6.29 Å². The monoisotopic (exact) mass is 370 g/mol. The van der Waals surface area contributed by atoms with E-state index in [-0.39, 0.29) is 22.6 Å². The molecule has 1 aromatic heterocycles. The maximum absolute atomic E-state index is 13.1. The van der Waals surface area contributed by atoms with Crippen molar-refractivity contribution in [3.05, 3.63) is 46.0 Å². The third-order valence-corrected chi connectivity index (χ3v) is 4.51. The van der Waals surface area contributed by atoms with Gasteiger partial charge in [-0.3, -0.25) is 4.79 Å². The number of hydrogen-bond acceptors (Lipinski definition) is 4. The molecule has 0 atom stereocenters. The van der Waals surface area contributed by atoms with Gasteiger partial charge in [-0.1, -0.05) is 17.2 Å². The number of halogens is 3. The summed E-state index contributed by atoms with van der Waals surface area (Å²) in [7, 11) is 0. The molecule has 1 N–H and O–H groups in total. The smallest absolute Gasteiger partial charge is 0.400 e. The van der Waals surface area contributed by atoms with Crippen LogP contribution in [0.2, 0.25) is 5.15 Å². The van der Waals surface area contributed by atoms with Crippen molar-refractivity contribution in [2.24, 2.45) is 5.41 Å². The number of carbonyl (C=O) groups is 1. The first kappa shape index (κ1) is 17.7. The molecule has 1 aliphatic carbocycles. The van der Waals surface area contributed by atoms with E-state index in [1.807, 2.05) is 6.92 Å². The number of alkyl halides is 2. The molecule has 2 heterocycles. The average Bonchev–Trinajstić information content (AvgIpc) is 3.21. The number of nitrogens with one attached hydrogen (secondary N) is 1. The lowest BCUT2D eigenvalue weighted by molar-refractivity contribution is -0.336. The van der Waals surface area contributed by atoms with E-state index >= 15 is 0 Å². The van der Waals surface area contributed by atoms with Crippen LogP contribution in [0.5, 0.6) is 0 Å². The second-order valence-corrected chi connectivity index (χ2v) is 6.69. The molecule has 5 nitrogen and oxygen atoms in total. The van der Waals surface area contributed by atoms with Gasteiger partial charge in [0, 0.05) is 0 Å². The zero-order valence-corrected chi connectivity index (χ0v) is 14.7. The number of amides is 1. The minimum absolute atomic E-state index is 0.0207. The van der Waals surface area contributed by atoms with Gasteiger partial charge in [-0.05, 0) is 57.4 Å². The van der Waals surface area contributed by atoms with E-state index in [0.29, 0.717) is 24.2 Å². The minimum atomic E-state index is -3.67. The number of nitrogens with zero attached hydrogens (tertiary/aromatic N) is 1. The Labute approximate surface area is 148 Å². The molecule has 25 heavy (non-hydrogen) atoms. The SMILES string of the molecule is CC1=C(/C=C(\C)C2(C(=O)Nc3cc(C)cc(Cl)n3)CC2)OC(F)(F)O1. The largest absolute Gasteiger partial charge is 0.585 e. The van der Waals surface area contributed by atoms with Crippen LogP contribution >= 0.6 is 11.6 Å². The highest BCUT2D eigenvalue weighted by atomic mass is 35.5. The lowest BCUT2D eigenvalue weighted by atomic mass is 9.95. The van der Waals surface area contributed by atoms with Gasteiger partial charge in [-0.25, -0.2) is 4.98 Å². The lowest BCUT2D eigenvalue weighted by Gasteiger charge is -2.16.